The average molecular weight is 488 g/mol. The van der Waals surface area contributed by atoms with Crippen LogP contribution in [0.2, 0.25) is 10.0 Å². The van der Waals surface area contributed by atoms with Crippen molar-refractivity contribution in [3.8, 4) is 11.5 Å². The van der Waals surface area contributed by atoms with Crippen LogP contribution in [0.5, 0.6) is 11.5 Å². The number of anilines is 1. The number of nitrogens with zero attached hydrogens (tertiary/aromatic N) is 2. The summed E-state index contributed by atoms with van der Waals surface area (Å²) in [6.07, 6.45) is 0. The zero-order valence-electron chi connectivity index (χ0n) is 17.1. The first-order valence-corrected chi connectivity index (χ1v) is 11.6. The van der Waals surface area contributed by atoms with Crippen molar-refractivity contribution in [1.29, 1.82) is 0 Å². The van der Waals surface area contributed by atoms with Gasteiger partial charge in [-0.1, -0.05) is 23.2 Å². The van der Waals surface area contributed by atoms with Crippen LogP contribution in [0.1, 0.15) is 0 Å². The maximum absolute atomic E-state index is 13.0. The molecule has 1 saturated heterocycles. The zero-order chi connectivity index (χ0) is 22.6. The lowest BCUT2D eigenvalue weighted by molar-refractivity contribution is -0.117. The molecule has 0 saturated carbocycles. The van der Waals surface area contributed by atoms with E-state index in [-0.39, 0.29) is 36.2 Å². The smallest absolute Gasteiger partial charge is 0.246 e. The number of hydrogen-bond acceptors (Lipinski definition) is 6. The van der Waals surface area contributed by atoms with Crippen molar-refractivity contribution in [2.45, 2.75) is 4.90 Å². The van der Waals surface area contributed by atoms with E-state index in [1.165, 1.54) is 30.7 Å². The molecule has 2 aromatic rings. The predicted octanol–water partition coefficient (Wildman–Crippen LogP) is 2.96. The van der Waals surface area contributed by atoms with E-state index in [1.807, 2.05) is 4.90 Å². The number of piperazine rings is 1. The van der Waals surface area contributed by atoms with Gasteiger partial charge in [0.2, 0.25) is 15.9 Å². The quantitative estimate of drug-likeness (QED) is 0.645. The molecular weight excluding hydrogens is 465 g/mol. The lowest BCUT2D eigenvalue weighted by atomic mass is 10.3. The van der Waals surface area contributed by atoms with Crippen molar-refractivity contribution in [3.05, 3.63) is 46.4 Å². The van der Waals surface area contributed by atoms with Crippen LogP contribution in [0.25, 0.3) is 0 Å². The number of nitrogens with one attached hydrogen (secondary N) is 1. The molecular formula is C20H23Cl2N3O5S. The van der Waals surface area contributed by atoms with Gasteiger partial charge in [0.05, 0.1) is 25.8 Å². The summed E-state index contributed by atoms with van der Waals surface area (Å²) in [4.78, 5) is 14.3. The zero-order valence-corrected chi connectivity index (χ0v) is 19.4. The van der Waals surface area contributed by atoms with Gasteiger partial charge in [-0.05, 0) is 36.4 Å². The maximum Gasteiger partial charge on any atom is 0.246 e. The second kappa shape index (κ2) is 10.1. The van der Waals surface area contributed by atoms with Crippen molar-refractivity contribution < 1.29 is 22.7 Å². The molecule has 0 radical (unpaired) electrons. The number of sulfonamides is 1. The molecule has 0 bridgehead atoms. The predicted molar refractivity (Wildman–Crippen MR) is 120 cm³/mol. The Morgan fingerprint density at radius 3 is 2.26 bits per heavy atom. The Morgan fingerprint density at radius 2 is 1.65 bits per heavy atom. The molecule has 1 fully saturated rings. The first-order chi connectivity index (χ1) is 14.7. The molecule has 11 heteroatoms. The number of carbonyl (C=O) groups excluding carboxylic acids is 1. The number of ether oxygens (including phenoxy) is 2. The summed E-state index contributed by atoms with van der Waals surface area (Å²) in [6.45, 7) is 1.47. The molecule has 8 nitrogen and oxygen atoms in total. The highest BCUT2D eigenvalue weighted by molar-refractivity contribution is 7.89. The van der Waals surface area contributed by atoms with Gasteiger partial charge >= 0.3 is 0 Å². The molecule has 1 N–H and O–H groups in total. The van der Waals surface area contributed by atoms with Gasteiger partial charge in [0.1, 0.15) is 16.4 Å². The lowest BCUT2D eigenvalue weighted by Gasteiger charge is -2.33. The number of rotatable bonds is 7. The highest BCUT2D eigenvalue weighted by atomic mass is 35.5. The summed E-state index contributed by atoms with van der Waals surface area (Å²) in [6, 6.07) is 9.47. The second-order valence-electron chi connectivity index (χ2n) is 6.87. The van der Waals surface area contributed by atoms with Gasteiger partial charge in [-0.2, -0.15) is 4.31 Å². The van der Waals surface area contributed by atoms with Crippen LogP contribution >= 0.6 is 23.2 Å². The third-order valence-electron chi connectivity index (χ3n) is 4.88. The topological polar surface area (TPSA) is 88.2 Å². The minimum atomic E-state index is -3.77. The van der Waals surface area contributed by atoms with Gasteiger partial charge in [-0.15, -0.1) is 0 Å². The van der Waals surface area contributed by atoms with Crippen LogP contribution in [0, 0.1) is 0 Å². The number of halogens is 2. The second-order valence-corrected chi connectivity index (χ2v) is 9.62. The highest BCUT2D eigenvalue weighted by Crippen LogP contribution is 2.30. The van der Waals surface area contributed by atoms with E-state index >= 15 is 0 Å². The van der Waals surface area contributed by atoms with Crippen LogP contribution in [-0.2, 0) is 14.8 Å². The molecule has 0 atom stereocenters. The largest absolute Gasteiger partial charge is 0.495 e. The highest BCUT2D eigenvalue weighted by Gasteiger charge is 2.31. The van der Waals surface area contributed by atoms with Crippen molar-refractivity contribution >= 4 is 44.8 Å². The fourth-order valence-corrected chi connectivity index (χ4v) is 5.37. The van der Waals surface area contributed by atoms with Crippen LogP contribution in [0.3, 0.4) is 0 Å². The molecule has 31 heavy (non-hydrogen) atoms. The van der Waals surface area contributed by atoms with Crippen LogP contribution in [0.4, 0.5) is 5.69 Å². The number of amides is 1. The van der Waals surface area contributed by atoms with Gasteiger partial charge < -0.3 is 14.8 Å². The average Bonchev–Trinajstić information content (AvgIpc) is 2.74. The minimum absolute atomic E-state index is 0.0325. The molecule has 1 heterocycles. The Morgan fingerprint density at radius 1 is 1.00 bits per heavy atom. The van der Waals surface area contributed by atoms with E-state index in [9.17, 15) is 13.2 Å². The van der Waals surface area contributed by atoms with Crippen LogP contribution in [-0.4, -0.2) is 70.5 Å². The van der Waals surface area contributed by atoms with E-state index in [2.05, 4.69) is 5.32 Å². The van der Waals surface area contributed by atoms with Crippen molar-refractivity contribution in [1.82, 2.24) is 9.21 Å². The fraction of sp³-hybridized carbons (Fsp3) is 0.350. The summed E-state index contributed by atoms with van der Waals surface area (Å²) in [7, 11) is -0.842. The molecule has 2 aromatic carbocycles. The standard InChI is InChI=1S/C20H23Cl2N3O5S/c1-29-17-6-4-15(12-16(17)22)23-20(26)13-24-7-9-25(10-8-24)31(27,28)19-11-14(21)3-5-18(19)30-2/h3-6,11-12H,7-10,13H2,1-2H3,(H,23,26). The summed E-state index contributed by atoms with van der Waals surface area (Å²) in [5.74, 6) is 0.548. The van der Waals surface area contributed by atoms with E-state index in [0.29, 0.717) is 34.6 Å². The molecule has 0 spiro atoms. The van der Waals surface area contributed by atoms with E-state index < -0.39 is 10.0 Å². The molecule has 0 aromatic heterocycles. The molecule has 1 aliphatic heterocycles. The Balaban J connectivity index is 1.59. The third-order valence-corrected chi connectivity index (χ3v) is 7.33. The minimum Gasteiger partial charge on any atom is -0.495 e. The number of hydrogen-bond donors (Lipinski definition) is 1. The van der Waals surface area contributed by atoms with E-state index in [1.54, 1.807) is 24.3 Å². The maximum atomic E-state index is 13.0. The lowest BCUT2D eigenvalue weighted by Crippen LogP contribution is -2.50. The first kappa shape index (κ1) is 23.6. The third kappa shape index (κ3) is 5.61. The Labute approximate surface area is 191 Å². The molecule has 3 rings (SSSR count). The van der Waals surface area contributed by atoms with Crippen molar-refractivity contribution in [2.75, 3.05) is 52.3 Å². The molecule has 0 unspecified atom stereocenters. The molecule has 1 aliphatic rings. The monoisotopic (exact) mass is 487 g/mol. The summed E-state index contributed by atoms with van der Waals surface area (Å²) in [5.41, 5.74) is 0.560. The number of carbonyl (C=O) groups is 1. The van der Waals surface area contributed by atoms with Crippen LogP contribution in [0.15, 0.2) is 41.3 Å². The van der Waals surface area contributed by atoms with E-state index in [0.717, 1.165) is 0 Å². The summed E-state index contributed by atoms with van der Waals surface area (Å²) < 4.78 is 37.7. The van der Waals surface area contributed by atoms with Crippen LogP contribution < -0.4 is 14.8 Å². The van der Waals surface area contributed by atoms with Gasteiger partial charge in [-0.25, -0.2) is 8.42 Å². The van der Waals surface area contributed by atoms with Gasteiger partial charge in [-0.3, -0.25) is 9.69 Å². The van der Waals surface area contributed by atoms with Gasteiger partial charge in [0, 0.05) is 36.9 Å². The van der Waals surface area contributed by atoms with Crippen molar-refractivity contribution in [2.24, 2.45) is 0 Å². The SMILES string of the molecule is COc1ccc(NC(=O)CN2CCN(S(=O)(=O)c3cc(Cl)ccc3OC)CC2)cc1Cl. The Hall–Kier alpha value is -2.04. The fourth-order valence-electron chi connectivity index (χ4n) is 3.27. The first-order valence-electron chi connectivity index (χ1n) is 9.44. The van der Waals surface area contributed by atoms with Crippen molar-refractivity contribution in [3.63, 3.8) is 0 Å². The Kier molecular flexibility index (Phi) is 7.66. The normalized spacial score (nSPS) is 15.5. The van der Waals surface area contributed by atoms with Gasteiger partial charge in [0.15, 0.2) is 0 Å². The number of methoxy groups -OCH3 is 2. The Bertz CT molecular complexity index is 1060. The van der Waals surface area contributed by atoms with Gasteiger partial charge in [0.25, 0.3) is 0 Å². The van der Waals surface area contributed by atoms with E-state index in [4.69, 9.17) is 32.7 Å². The molecule has 1 amide bonds. The number of benzene rings is 2. The molecule has 0 aliphatic carbocycles. The molecule has 168 valence electrons. The summed E-state index contributed by atoms with van der Waals surface area (Å²) in [5, 5.41) is 3.50. The summed E-state index contributed by atoms with van der Waals surface area (Å²) >= 11 is 12.1.